The molecule has 0 unspecified atom stereocenters. The molecule has 0 radical (unpaired) electrons. The van der Waals surface area contributed by atoms with E-state index >= 15 is 0 Å². The second kappa shape index (κ2) is 8.10. The topological polar surface area (TPSA) is 74.3 Å². The van der Waals surface area contributed by atoms with Crippen molar-refractivity contribution in [3.05, 3.63) is 66.0 Å². The normalized spacial score (nSPS) is 23.1. The third kappa shape index (κ3) is 3.64. The molecule has 4 rings (SSSR count). The van der Waals surface area contributed by atoms with Gasteiger partial charge >= 0.3 is 6.03 Å². The number of hydrogen-bond donors (Lipinski definition) is 2. The summed E-state index contributed by atoms with van der Waals surface area (Å²) in [7, 11) is 0. The van der Waals surface area contributed by atoms with Crippen LogP contribution in [0.4, 0.5) is 4.79 Å². The molecule has 2 saturated heterocycles. The van der Waals surface area contributed by atoms with Crippen LogP contribution in [0.25, 0.3) is 0 Å². The number of rotatable bonds is 6. The molecule has 0 saturated carbocycles. The summed E-state index contributed by atoms with van der Waals surface area (Å²) in [6.07, 6.45) is 4.83. The number of imide groups is 1. The van der Waals surface area contributed by atoms with Gasteiger partial charge in [-0.2, -0.15) is 0 Å². The monoisotopic (exact) mass is 378 g/mol. The molecule has 1 atom stereocenters. The third-order valence-corrected chi connectivity index (χ3v) is 5.94. The number of amides is 3. The molecular formula is C22H26N4O2. The fourth-order valence-corrected chi connectivity index (χ4v) is 4.39. The van der Waals surface area contributed by atoms with E-state index in [0.717, 1.165) is 38.0 Å². The van der Waals surface area contributed by atoms with Crippen molar-refractivity contribution in [1.82, 2.24) is 20.5 Å². The van der Waals surface area contributed by atoms with Crippen molar-refractivity contribution in [2.45, 2.75) is 37.8 Å². The van der Waals surface area contributed by atoms with Gasteiger partial charge in [-0.1, -0.05) is 36.4 Å². The summed E-state index contributed by atoms with van der Waals surface area (Å²) in [4.78, 5) is 32.0. The Hall–Kier alpha value is -2.73. The maximum absolute atomic E-state index is 13.6. The Kier molecular flexibility index (Phi) is 5.39. The van der Waals surface area contributed by atoms with E-state index in [9.17, 15) is 9.59 Å². The summed E-state index contributed by atoms with van der Waals surface area (Å²) >= 11 is 0. The molecular weight excluding hydrogens is 352 g/mol. The minimum Gasteiger partial charge on any atom is -0.323 e. The molecule has 2 aromatic rings. The van der Waals surface area contributed by atoms with Crippen molar-refractivity contribution in [3.8, 4) is 0 Å². The van der Waals surface area contributed by atoms with Crippen LogP contribution < -0.4 is 10.6 Å². The first-order valence-corrected chi connectivity index (χ1v) is 9.98. The number of carbonyl (C=O) groups is 2. The van der Waals surface area contributed by atoms with Crippen LogP contribution in [-0.2, 0) is 17.8 Å². The Morgan fingerprint density at radius 3 is 2.50 bits per heavy atom. The number of pyridine rings is 1. The summed E-state index contributed by atoms with van der Waals surface area (Å²) in [5.74, 6) is 0.0358. The third-order valence-electron chi connectivity index (χ3n) is 5.94. The smallest absolute Gasteiger partial charge is 0.323 e. The average Bonchev–Trinajstić information content (AvgIpc) is 2.99. The van der Waals surface area contributed by atoms with Gasteiger partial charge in [0.05, 0.1) is 12.2 Å². The number of carbonyl (C=O) groups excluding carboxylic acids is 2. The molecule has 28 heavy (non-hydrogen) atoms. The second-order valence-corrected chi connectivity index (χ2v) is 7.62. The van der Waals surface area contributed by atoms with Crippen LogP contribution in [0.1, 0.15) is 30.5 Å². The Morgan fingerprint density at radius 1 is 1.04 bits per heavy atom. The molecule has 2 aliphatic heterocycles. The first kappa shape index (κ1) is 18.6. The van der Waals surface area contributed by atoms with Crippen LogP contribution in [0.15, 0.2) is 54.7 Å². The number of aryl methyl sites for hydroxylation is 1. The number of aromatic nitrogens is 1. The van der Waals surface area contributed by atoms with E-state index in [4.69, 9.17) is 0 Å². The summed E-state index contributed by atoms with van der Waals surface area (Å²) in [5, 5.41) is 6.47. The highest BCUT2D eigenvalue weighted by Gasteiger charge is 2.55. The number of nitrogens with one attached hydrogen (secondary N) is 2. The summed E-state index contributed by atoms with van der Waals surface area (Å²) in [6.45, 7) is 1.96. The molecule has 1 aromatic carbocycles. The quantitative estimate of drug-likeness (QED) is 0.758. The number of benzene rings is 1. The lowest BCUT2D eigenvalue weighted by atomic mass is 9.74. The Morgan fingerprint density at radius 2 is 1.79 bits per heavy atom. The van der Waals surface area contributed by atoms with Gasteiger partial charge in [0.15, 0.2) is 0 Å². The van der Waals surface area contributed by atoms with Gasteiger partial charge < -0.3 is 10.6 Å². The SMILES string of the molecule is O=C1N[C@](CCc2ccccc2)(C2CCNCC2)C(=O)N1Cc1ccccn1. The standard InChI is InChI=1S/C22H26N4O2/c27-20-22(18-10-14-23-15-11-18,12-9-17-6-2-1-3-7-17)25-21(28)26(20)16-19-8-4-5-13-24-19/h1-8,13,18,23H,9-12,14-16H2,(H,25,28)/t22-/m1/s1. The fourth-order valence-electron chi connectivity index (χ4n) is 4.39. The largest absolute Gasteiger partial charge is 0.325 e. The van der Waals surface area contributed by atoms with Crippen molar-refractivity contribution in [2.75, 3.05) is 13.1 Å². The molecule has 6 nitrogen and oxygen atoms in total. The van der Waals surface area contributed by atoms with E-state index in [2.05, 4.69) is 27.8 Å². The fraction of sp³-hybridized carbons (Fsp3) is 0.409. The number of nitrogens with zero attached hydrogens (tertiary/aromatic N) is 2. The first-order chi connectivity index (χ1) is 13.7. The highest BCUT2D eigenvalue weighted by Crippen LogP contribution is 2.36. The van der Waals surface area contributed by atoms with Crippen LogP contribution in [0.3, 0.4) is 0 Å². The lowest BCUT2D eigenvalue weighted by Gasteiger charge is -2.38. The number of urea groups is 1. The van der Waals surface area contributed by atoms with Crippen LogP contribution >= 0.6 is 0 Å². The van der Waals surface area contributed by atoms with Crippen LogP contribution in [0.2, 0.25) is 0 Å². The van der Waals surface area contributed by atoms with E-state index in [-0.39, 0.29) is 24.4 Å². The van der Waals surface area contributed by atoms with E-state index in [1.54, 1.807) is 6.20 Å². The van der Waals surface area contributed by atoms with Crippen molar-refractivity contribution in [1.29, 1.82) is 0 Å². The Balaban J connectivity index is 1.59. The summed E-state index contributed by atoms with van der Waals surface area (Å²) in [6, 6.07) is 15.4. The minimum atomic E-state index is -0.830. The number of piperidine rings is 1. The molecule has 3 amide bonds. The molecule has 2 aliphatic rings. The molecule has 0 bridgehead atoms. The highest BCUT2D eigenvalue weighted by molar-refractivity contribution is 6.07. The van der Waals surface area contributed by atoms with Gasteiger partial charge in [0.25, 0.3) is 5.91 Å². The zero-order valence-corrected chi connectivity index (χ0v) is 15.9. The lowest BCUT2D eigenvalue weighted by molar-refractivity contribution is -0.134. The summed E-state index contributed by atoms with van der Waals surface area (Å²) in [5.41, 5.74) is 1.07. The van der Waals surface area contributed by atoms with Gasteiger partial charge in [-0.3, -0.25) is 14.7 Å². The molecule has 3 heterocycles. The predicted octanol–water partition coefficient (Wildman–Crippen LogP) is 2.50. The maximum atomic E-state index is 13.6. The summed E-state index contributed by atoms with van der Waals surface area (Å²) < 4.78 is 0. The maximum Gasteiger partial charge on any atom is 0.325 e. The van der Waals surface area contributed by atoms with E-state index < -0.39 is 5.54 Å². The van der Waals surface area contributed by atoms with Crippen molar-refractivity contribution < 1.29 is 9.59 Å². The molecule has 6 heteroatoms. The van der Waals surface area contributed by atoms with Gasteiger partial charge in [0.2, 0.25) is 0 Å². The Labute approximate surface area is 165 Å². The van der Waals surface area contributed by atoms with Crippen LogP contribution in [0, 0.1) is 5.92 Å². The lowest BCUT2D eigenvalue weighted by Crippen LogP contribution is -2.56. The van der Waals surface area contributed by atoms with Crippen molar-refractivity contribution >= 4 is 11.9 Å². The van der Waals surface area contributed by atoms with Gasteiger partial charge in [0.1, 0.15) is 5.54 Å². The molecule has 146 valence electrons. The molecule has 2 N–H and O–H groups in total. The zero-order valence-electron chi connectivity index (χ0n) is 15.9. The minimum absolute atomic E-state index is 0.106. The van der Waals surface area contributed by atoms with Crippen molar-refractivity contribution in [2.24, 2.45) is 5.92 Å². The average molecular weight is 378 g/mol. The van der Waals surface area contributed by atoms with Gasteiger partial charge in [0, 0.05) is 6.20 Å². The molecule has 2 fully saturated rings. The van der Waals surface area contributed by atoms with Crippen LogP contribution in [0.5, 0.6) is 0 Å². The van der Waals surface area contributed by atoms with Crippen molar-refractivity contribution in [3.63, 3.8) is 0 Å². The second-order valence-electron chi connectivity index (χ2n) is 7.62. The van der Waals surface area contributed by atoms with E-state index in [0.29, 0.717) is 6.42 Å². The zero-order chi connectivity index (χ0) is 19.4. The number of hydrogen-bond acceptors (Lipinski definition) is 4. The first-order valence-electron chi connectivity index (χ1n) is 9.98. The van der Waals surface area contributed by atoms with Gasteiger partial charge in [-0.25, -0.2) is 4.79 Å². The van der Waals surface area contributed by atoms with Gasteiger partial charge in [-0.15, -0.1) is 0 Å². The van der Waals surface area contributed by atoms with Gasteiger partial charge in [-0.05, 0) is 62.4 Å². The van der Waals surface area contributed by atoms with Crippen LogP contribution in [-0.4, -0.2) is 40.5 Å². The molecule has 1 aromatic heterocycles. The predicted molar refractivity (Wildman–Crippen MR) is 106 cm³/mol. The highest BCUT2D eigenvalue weighted by atomic mass is 16.2. The molecule has 0 aliphatic carbocycles. The van der Waals surface area contributed by atoms with E-state index in [1.807, 2.05) is 36.4 Å². The Bertz CT molecular complexity index is 821. The van der Waals surface area contributed by atoms with E-state index in [1.165, 1.54) is 10.5 Å². The molecule has 0 spiro atoms.